The third kappa shape index (κ3) is 4.00. The maximum absolute atomic E-state index is 11.6. The summed E-state index contributed by atoms with van der Waals surface area (Å²) < 4.78 is 0. The number of nitrogens with one attached hydrogen (secondary N) is 3. The van der Waals surface area contributed by atoms with Crippen LogP contribution in [0.1, 0.15) is 12.0 Å². The Hall–Kier alpha value is -2.66. The molecule has 0 radical (unpaired) electrons. The van der Waals surface area contributed by atoms with Gasteiger partial charge in [0.1, 0.15) is 6.04 Å². The quantitative estimate of drug-likeness (QED) is 0.738. The predicted octanol–water partition coefficient (Wildman–Crippen LogP) is 3.14. The van der Waals surface area contributed by atoms with Crippen LogP contribution in [0.25, 0.3) is 10.9 Å². The zero-order valence-electron chi connectivity index (χ0n) is 13.2. The van der Waals surface area contributed by atoms with E-state index in [2.05, 4.69) is 39.9 Å². The van der Waals surface area contributed by atoms with Crippen molar-refractivity contribution in [3.8, 4) is 0 Å². The Kier molecular flexibility index (Phi) is 5.23. The minimum Gasteiger partial charge on any atom is -0.361 e. The first kappa shape index (κ1) is 16.2. The number of thiocarbonyl (C=S) groups is 1. The molecule has 2 aliphatic rings. The molecule has 0 saturated carbocycles. The lowest BCUT2D eigenvalue weighted by Crippen LogP contribution is -2.30. The second kappa shape index (κ2) is 7.75. The summed E-state index contributed by atoms with van der Waals surface area (Å²) in [6.45, 7) is 0. The molecule has 1 fully saturated rings. The van der Waals surface area contributed by atoms with Crippen LogP contribution in [0, 0.1) is 0 Å². The highest BCUT2D eigenvalue weighted by Gasteiger charge is 2.27. The number of carbonyl (C=O) groups excluding carboxylic acids is 1. The summed E-state index contributed by atoms with van der Waals surface area (Å²) in [6.07, 6.45) is 16.1. The number of amides is 1. The lowest BCUT2D eigenvalue weighted by atomic mass is 10.1. The van der Waals surface area contributed by atoms with Gasteiger partial charge in [0.2, 0.25) is 5.91 Å². The molecule has 3 N–H and O–H groups in total. The highest BCUT2D eigenvalue weighted by molar-refractivity contribution is 7.80. The number of aromatic nitrogens is 1. The van der Waals surface area contributed by atoms with Crippen LogP contribution in [0.4, 0.5) is 0 Å². The molecule has 24 heavy (non-hydrogen) atoms. The number of para-hydroxylation sites is 1. The molecule has 1 aromatic carbocycles. The average molecular weight is 337 g/mol. The van der Waals surface area contributed by atoms with Gasteiger partial charge in [0.05, 0.1) is 0 Å². The Morgan fingerprint density at radius 3 is 2.54 bits per heavy atom. The van der Waals surface area contributed by atoms with Crippen molar-refractivity contribution in [2.75, 3.05) is 0 Å². The van der Waals surface area contributed by atoms with Gasteiger partial charge in [-0.1, -0.05) is 54.7 Å². The molecule has 1 aromatic heterocycles. The van der Waals surface area contributed by atoms with E-state index in [1.165, 1.54) is 0 Å². The summed E-state index contributed by atoms with van der Waals surface area (Å²) in [6, 6.07) is 7.78. The van der Waals surface area contributed by atoms with Crippen molar-refractivity contribution >= 4 is 34.1 Å². The van der Waals surface area contributed by atoms with Crippen LogP contribution in [0.5, 0.6) is 0 Å². The lowest BCUT2D eigenvalue weighted by molar-refractivity contribution is -0.120. The van der Waals surface area contributed by atoms with E-state index in [1.807, 2.05) is 42.6 Å². The van der Waals surface area contributed by atoms with Crippen molar-refractivity contribution in [2.45, 2.75) is 18.9 Å². The number of aromatic amines is 1. The zero-order chi connectivity index (χ0) is 16.8. The maximum Gasteiger partial charge on any atom is 0.249 e. The fourth-order valence-corrected chi connectivity index (χ4v) is 2.89. The molecule has 4 rings (SSSR count). The summed E-state index contributed by atoms with van der Waals surface area (Å²) in [4.78, 5) is 14.8. The van der Waals surface area contributed by atoms with Gasteiger partial charge >= 0.3 is 0 Å². The van der Waals surface area contributed by atoms with Crippen molar-refractivity contribution in [3.05, 3.63) is 72.5 Å². The number of hydrogen-bond acceptors (Lipinski definition) is 2. The molecule has 4 nitrogen and oxygen atoms in total. The molecular formula is C19H19N3OS. The van der Waals surface area contributed by atoms with Crippen LogP contribution in [0.2, 0.25) is 0 Å². The fraction of sp³-hybridized carbons (Fsp3) is 0.158. The number of H-pyrrole nitrogens is 1. The van der Waals surface area contributed by atoms with E-state index in [4.69, 9.17) is 12.2 Å². The van der Waals surface area contributed by atoms with E-state index in [0.29, 0.717) is 11.5 Å². The normalized spacial score (nSPS) is 18.8. The van der Waals surface area contributed by atoms with Crippen molar-refractivity contribution in [1.82, 2.24) is 15.6 Å². The lowest BCUT2D eigenvalue weighted by Gasteiger charge is -2.06. The first-order chi connectivity index (χ1) is 11.7. The largest absolute Gasteiger partial charge is 0.361 e. The molecule has 2 heterocycles. The Bertz CT molecular complexity index is 818. The molecule has 0 bridgehead atoms. The van der Waals surface area contributed by atoms with Crippen LogP contribution in [-0.4, -0.2) is 22.0 Å². The summed E-state index contributed by atoms with van der Waals surface area (Å²) >= 11 is 4.91. The van der Waals surface area contributed by atoms with Gasteiger partial charge in [0, 0.05) is 23.5 Å². The number of benzene rings is 1. The monoisotopic (exact) mass is 337 g/mol. The maximum atomic E-state index is 11.6. The van der Waals surface area contributed by atoms with E-state index in [1.54, 1.807) is 0 Å². The molecule has 122 valence electrons. The van der Waals surface area contributed by atoms with E-state index in [0.717, 1.165) is 22.9 Å². The van der Waals surface area contributed by atoms with Crippen LogP contribution in [0.15, 0.2) is 66.9 Å². The second-order valence-electron chi connectivity index (χ2n) is 5.56. The zero-order valence-corrected chi connectivity index (χ0v) is 14.0. The van der Waals surface area contributed by atoms with Gasteiger partial charge in [-0.2, -0.15) is 0 Å². The average Bonchev–Trinajstić information content (AvgIpc) is 2.97. The van der Waals surface area contributed by atoms with E-state index in [9.17, 15) is 4.79 Å². The van der Waals surface area contributed by atoms with Crippen LogP contribution in [-0.2, 0) is 11.2 Å². The number of rotatable bonds is 2. The Balaban J connectivity index is 0.000000203. The predicted molar refractivity (Wildman–Crippen MR) is 102 cm³/mol. The van der Waals surface area contributed by atoms with E-state index >= 15 is 0 Å². The third-order valence-electron chi connectivity index (χ3n) is 3.84. The van der Waals surface area contributed by atoms with Gasteiger partial charge in [-0.3, -0.25) is 4.79 Å². The molecule has 1 amide bonds. The van der Waals surface area contributed by atoms with Crippen molar-refractivity contribution < 1.29 is 4.79 Å². The number of hydrogen-bond donors (Lipinski definition) is 3. The molecule has 1 atom stereocenters. The van der Waals surface area contributed by atoms with E-state index in [-0.39, 0.29) is 11.9 Å². The Morgan fingerprint density at radius 2 is 1.83 bits per heavy atom. The van der Waals surface area contributed by atoms with Gasteiger partial charge in [0.15, 0.2) is 5.11 Å². The third-order valence-corrected chi connectivity index (χ3v) is 4.06. The van der Waals surface area contributed by atoms with Gasteiger partial charge in [-0.25, -0.2) is 0 Å². The number of allylic oxidation sites excluding steroid dienone is 6. The molecule has 1 unspecified atom stereocenters. The number of fused-ring (bicyclic) bond motifs is 1. The summed E-state index contributed by atoms with van der Waals surface area (Å²) in [7, 11) is 0. The molecule has 0 spiro atoms. The molecular weight excluding hydrogens is 318 g/mol. The summed E-state index contributed by atoms with van der Waals surface area (Å²) in [5, 5.41) is 7.13. The first-order valence-electron chi connectivity index (χ1n) is 7.89. The van der Waals surface area contributed by atoms with Gasteiger partial charge < -0.3 is 15.6 Å². The molecule has 1 aliphatic carbocycles. The van der Waals surface area contributed by atoms with Crippen LogP contribution in [0.3, 0.4) is 0 Å². The Morgan fingerprint density at radius 1 is 1.08 bits per heavy atom. The smallest absolute Gasteiger partial charge is 0.249 e. The van der Waals surface area contributed by atoms with Gasteiger partial charge in [-0.05, 0) is 30.3 Å². The molecule has 5 heteroatoms. The summed E-state index contributed by atoms with van der Waals surface area (Å²) in [5.74, 6) is -0.0553. The van der Waals surface area contributed by atoms with Gasteiger partial charge in [0.25, 0.3) is 0 Å². The molecule has 1 saturated heterocycles. The Labute approximate surface area is 146 Å². The highest BCUT2D eigenvalue weighted by Crippen LogP contribution is 2.19. The standard InChI is InChI=1S/C12H11N3OS.C7H8/c16-11-10(14-12(17)15-11)5-7-6-13-9-4-2-1-3-8(7)9;1-2-4-6-7-5-3-1/h1-4,6,10,13H,5H2,(H2,14,15,16,17);1-6H,7H2. The van der Waals surface area contributed by atoms with Gasteiger partial charge in [-0.15, -0.1) is 0 Å². The highest BCUT2D eigenvalue weighted by atomic mass is 32.1. The van der Waals surface area contributed by atoms with Crippen molar-refractivity contribution in [2.24, 2.45) is 0 Å². The first-order valence-corrected chi connectivity index (χ1v) is 8.29. The van der Waals surface area contributed by atoms with E-state index < -0.39 is 0 Å². The van der Waals surface area contributed by atoms with Crippen LogP contribution >= 0.6 is 12.2 Å². The van der Waals surface area contributed by atoms with Crippen LogP contribution < -0.4 is 10.6 Å². The SMILES string of the molecule is C1=CC=CCC=C1.O=C1NC(=S)NC1Cc1c[nH]c2ccccc12. The second-order valence-corrected chi connectivity index (χ2v) is 5.96. The number of carbonyl (C=O) groups is 1. The summed E-state index contributed by atoms with van der Waals surface area (Å²) in [5.41, 5.74) is 2.21. The van der Waals surface area contributed by atoms with Crippen molar-refractivity contribution in [1.29, 1.82) is 0 Å². The molecule has 2 aromatic rings. The minimum absolute atomic E-state index is 0.0553. The van der Waals surface area contributed by atoms with Crippen molar-refractivity contribution in [3.63, 3.8) is 0 Å². The molecule has 1 aliphatic heterocycles. The topological polar surface area (TPSA) is 56.9 Å². The minimum atomic E-state index is -0.262. The fourth-order valence-electron chi connectivity index (χ4n) is 2.64.